The Morgan fingerprint density at radius 1 is 1.70 bits per heavy atom. The van der Waals surface area contributed by atoms with Crippen molar-refractivity contribution in [3.8, 4) is 0 Å². The Hall–Kier alpha value is -0.540. The first kappa shape index (κ1) is 7.57. The van der Waals surface area contributed by atoms with Gasteiger partial charge in [0.1, 0.15) is 5.76 Å². The normalized spacial score (nSPS) is 21.9. The van der Waals surface area contributed by atoms with E-state index in [4.69, 9.17) is 10.2 Å². The zero-order valence-corrected chi connectivity index (χ0v) is 6.23. The molecular formula is C6H9ClN2O. The second-order valence-corrected chi connectivity index (χ2v) is 2.31. The number of aryl methyl sites for hydroxylation is 1. The van der Waals surface area contributed by atoms with Crippen LogP contribution in [0.25, 0.3) is 0 Å². The summed E-state index contributed by atoms with van der Waals surface area (Å²) in [5.74, 6) is 0.884. The Labute approximate surface area is 65.0 Å². The number of hydrogen-bond acceptors (Lipinski definition) is 3. The highest BCUT2D eigenvalue weighted by atomic mass is 35.5. The second kappa shape index (κ2) is 2.60. The average molecular weight is 161 g/mol. The maximum Gasteiger partial charge on any atom is 0.181 e. The van der Waals surface area contributed by atoms with Crippen LogP contribution in [-0.2, 0) is 6.42 Å². The van der Waals surface area contributed by atoms with Gasteiger partial charge in [0, 0.05) is 0 Å². The highest BCUT2D eigenvalue weighted by Gasteiger charge is 2.22. The molecule has 1 atom stereocenters. The number of nitrogens with zero attached hydrogens (tertiary/aromatic N) is 1. The van der Waals surface area contributed by atoms with Crippen molar-refractivity contribution < 1.29 is 4.42 Å². The van der Waals surface area contributed by atoms with Crippen LogP contribution < -0.4 is 5.73 Å². The Balaban J connectivity index is 0.000000500. The van der Waals surface area contributed by atoms with E-state index in [1.807, 2.05) is 0 Å². The molecule has 1 heterocycles. The predicted molar refractivity (Wildman–Crippen MR) is 39.0 cm³/mol. The highest BCUT2D eigenvalue weighted by Crippen LogP contribution is 2.27. The molecular weight excluding hydrogens is 152 g/mol. The molecule has 0 bridgehead atoms. The Morgan fingerprint density at radius 3 is 3.20 bits per heavy atom. The van der Waals surface area contributed by atoms with Crippen LogP contribution in [0.15, 0.2) is 10.8 Å². The van der Waals surface area contributed by atoms with Crippen LogP contribution >= 0.6 is 12.4 Å². The molecule has 0 aromatic carbocycles. The average Bonchev–Trinajstić information content (AvgIpc) is 2.35. The van der Waals surface area contributed by atoms with Gasteiger partial charge in [0.25, 0.3) is 0 Å². The molecule has 4 heteroatoms. The van der Waals surface area contributed by atoms with Gasteiger partial charge in [0.05, 0.1) is 11.7 Å². The van der Waals surface area contributed by atoms with E-state index < -0.39 is 0 Å². The second-order valence-electron chi connectivity index (χ2n) is 2.31. The fourth-order valence-corrected chi connectivity index (χ4v) is 1.19. The number of hydrogen-bond donors (Lipinski definition) is 1. The molecule has 2 rings (SSSR count). The van der Waals surface area contributed by atoms with E-state index in [9.17, 15) is 0 Å². The molecule has 0 amide bonds. The molecule has 0 saturated heterocycles. The van der Waals surface area contributed by atoms with Gasteiger partial charge in [0.2, 0.25) is 0 Å². The van der Waals surface area contributed by atoms with Crippen LogP contribution in [0.2, 0.25) is 0 Å². The minimum Gasteiger partial charge on any atom is -0.447 e. The number of fused-ring (bicyclic) bond motifs is 1. The molecule has 2 N–H and O–H groups in total. The third-order valence-electron chi connectivity index (χ3n) is 1.70. The van der Waals surface area contributed by atoms with Crippen molar-refractivity contribution in [3.63, 3.8) is 0 Å². The van der Waals surface area contributed by atoms with Crippen LogP contribution in [0.1, 0.15) is 23.9 Å². The standard InChI is InChI=1S/C6H8N2O.ClH/c7-4-1-2-5-6(4)9-3-8-5;/h3-4H,1-2,7H2;1H. The molecule has 0 fully saturated rings. The molecule has 1 unspecified atom stereocenters. The molecule has 56 valence electrons. The van der Waals surface area contributed by atoms with Crippen LogP contribution in [0, 0.1) is 0 Å². The van der Waals surface area contributed by atoms with Gasteiger partial charge in [-0.3, -0.25) is 0 Å². The van der Waals surface area contributed by atoms with Gasteiger partial charge >= 0.3 is 0 Å². The van der Waals surface area contributed by atoms with Gasteiger partial charge in [0.15, 0.2) is 6.39 Å². The molecule has 1 aromatic rings. The molecule has 3 nitrogen and oxygen atoms in total. The smallest absolute Gasteiger partial charge is 0.181 e. The molecule has 0 aliphatic heterocycles. The summed E-state index contributed by atoms with van der Waals surface area (Å²) in [6.45, 7) is 0. The Kier molecular flexibility index (Phi) is 1.97. The first-order valence-electron chi connectivity index (χ1n) is 3.06. The van der Waals surface area contributed by atoms with E-state index in [1.165, 1.54) is 6.39 Å². The first-order valence-corrected chi connectivity index (χ1v) is 3.06. The zero-order valence-electron chi connectivity index (χ0n) is 5.41. The lowest BCUT2D eigenvalue weighted by molar-refractivity contribution is 0.468. The Morgan fingerprint density at radius 2 is 2.50 bits per heavy atom. The van der Waals surface area contributed by atoms with Crippen molar-refractivity contribution in [1.82, 2.24) is 4.98 Å². The van der Waals surface area contributed by atoms with E-state index in [0.29, 0.717) is 0 Å². The van der Waals surface area contributed by atoms with E-state index in [0.717, 1.165) is 24.3 Å². The van der Waals surface area contributed by atoms with Gasteiger partial charge in [-0.2, -0.15) is 0 Å². The Bertz CT molecular complexity index is 223. The monoisotopic (exact) mass is 160 g/mol. The van der Waals surface area contributed by atoms with Crippen molar-refractivity contribution in [2.75, 3.05) is 0 Å². The van der Waals surface area contributed by atoms with Crippen LogP contribution in [0.5, 0.6) is 0 Å². The lowest BCUT2D eigenvalue weighted by atomic mass is 10.3. The van der Waals surface area contributed by atoms with Crippen molar-refractivity contribution >= 4 is 12.4 Å². The summed E-state index contributed by atoms with van der Waals surface area (Å²) in [7, 11) is 0. The highest BCUT2D eigenvalue weighted by molar-refractivity contribution is 5.85. The number of rotatable bonds is 0. The van der Waals surface area contributed by atoms with Crippen LogP contribution in [-0.4, -0.2) is 4.98 Å². The molecule has 1 aliphatic carbocycles. The minimum absolute atomic E-state index is 0. The molecule has 1 aliphatic rings. The van der Waals surface area contributed by atoms with Gasteiger partial charge in [-0.1, -0.05) is 0 Å². The van der Waals surface area contributed by atoms with Gasteiger partial charge < -0.3 is 10.2 Å². The topological polar surface area (TPSA) is 52.0 Å². The summed E-state index contributed by atoms with van der Waals surface area (Å²) in [5, 5.41) is 0. The van der Waals surface area contributed by atoms with E-state index in [-0.39, 0.29) is 18.4 Å². The molecule has 10 heavy (non-hydrogen) atoms. The van der Waals surface area contributed by atoms with Crippen molar-refractivity contribution in [1.29, 1.82) is 0 Å². The summed E-state index contributed by atoms with van der Waals surface area (Å²) >= 11 is 0. The van der Waals surface area contributed by atoms with Gasteiger partial charge in [-0.15, -0.1) is 12.4 Å². The third-order valence-corrected chi connectivity index (χ3v) is 1.70. The maximum atomic E-state index is 5.66. The number of nitrogens with two attached hydrogens (primary N) is 1. The lowest BCUT2D eigenvalue weighted by Gasteiger charge is -1.95. The summed E-state index contributed by atoms with van der Waals surface area (Å²) in [4.78, 5) is 4.00. The van der Waals surface area contributed by atoms with E-state index >= 15 is 0 Å². The van der Waals surface area contributed by atoms with Crippen molar-refractivity contribution in [3.05, 3.63) is 17.8 Å². The van der Waals surface area contributed by atoms with Crippen LogP contribution in [0.3, 0.4) is 0 Å². The number of oxazole rings is 1. The van der Waals surface area contributed by atoms with Gasteiger partial charge in [-0.25, -0.2) is 4.98 Å². The molecule has 0 radical (unpaired) electrons. The molecule has 1 aromatic heterocycles. The largest absolute Gasteiger partial charge is 0.447 e. The van der Waals surface area contributed by atoms with E-state index in [2.05, 4.69) is 4.98 Å². The molecule has 0 spiro atoms. The maximum absolute atomic E-state index is 5.66. The van der Waals surface area contributed by atoms with E-state index in [1.54, 1.807) is 0 Å². The number of halogens is 1. The lowest BCUT2D eigenvalue weighted by Crippen LogP contribution is -2.03. The molecule has 0 saturated carbocycles. The zero-order chi connectivity index (χ0) is 6.27. The summed E-state index contributed by atoms with van der Waals surface area (Å²) < 4.78 is 5.05. The van der Waals surface area contributed by atoms with Gasteiger partial charge in [-0.05, 0) is 12.8 Å². The SMILES string of the molecule is Cl.NC1CCc2ncoc21. The quantitative estimate of drug-likeness (QED) is 0.617. The summed E-state index contributed by atoms with van der Waals surface area (Å²) in [5.41, 5.74) is 6.70. The van der Waals surface area contributed by atoms with Crippen LogP contribution in [0.4, 0.5) is 0 Å². The predicted octanol–water partition coefficient (Wildman–Crippen LogP) is 1.04. The summed E-state index contributed by atoms with van der Waals surface area (Å²) in [6.07, 6.45) is 3.43. The first-order chi connectivity index (χ1) is 4.38. The summed E-state index contributed by atoms with van der Waals surface area (Å²) in [6, 6.07) is 0.0995. The fourth-order valence-electron chi connectivity index (χ4n) is 1.19. The number of aromatic nitrogens is 1. The fraction of sp³-hybridized carbons (Fsp3) is 0.500. The minimum atomic E-state index is 0. The van der Waals surface area contributed by atoms with Crippen molar-refractivity contribution in [2.45, 2.75) is 18.9 Å². The third kappa shape index (κ3) is 0.914. The van der Waals surface area contributed by atoms with Crippen molar-refractivity contribution in [2.24, 2.45) is 5.73 Å².